The first-order chi connectivity index (χ1) is 12.9. The summed E-state index contributed by atoms with van der Waals surface area (Å²) in [4.78, 5) is 12.4. The summed E-state index contributed by atoms with van der Waals surface area (Å²) in [5.41, 5.74) is -0.120. The van der Waals surface area contributed by atoms with Crippen molar-refractivity contribution in [3.63, 3.8) is 0 Å². The summed E-state index contributed by atoms with van der Waals surface area (Å²) in [6, 6.07) is 10.8. The van der Waals surface area contributed by atoms with Crippen molar-refractivity contribution < 1.29 is 22.0 Å². The number of hydrogen-bond donors (Lipinski definition) is 1. The number of sulfonamides is 1. The van der Waals surface area contributed by atoms with Crippen molar-refractivity contribution in [2.75, 3.05) is 6.54 Å². The third-order valence-electron chi connectivity index (χ3n) is 4.88. The van der Waals surface area contributed by atoms with Crippen LogP contribution in [-0.4, -0.2) is 26.0 Å². The number of hydrogen-bond acceptors (Lipinski definition) is 3. The number of ketones is 1. The lowest BCUT2D eigenvalue weighted by Crippen LogP contribution is -2.38. The van der Waals surface area contributed by atoms with E-state index in [0.717, 1.165) is 25.3 Å². The molecule has 0 aromatic heterocycles. The third kappa shape index (κ3) is 4.42. The number of halogens is 2. The van der Waals surface area contributed by atoms with Crippen molar-refractivity contribution in [1.29, 1.82) is 0 Å². The Morgan fingerprint density at radius 3 is 2.33 bits per heavy atom. The molecule has 0 heterocycles. The number of carbonyl (C=O) groups is 1. The van der Waals surface area contributed by atoms with Crippen LogP contribution in [0.3, 0.4) is 0 Å². The van der Waals surface area contributed by atoms with Gasteiger partial charge in [0.15, 0.2) is 5.78 Å². The Bertz CT molecular complexity index is 924. The molecule has 0 atom stereocenters. The van der Waals surface area contributed by atoms with Gasteiger partial charge in [0, 0.05) is 5.56 Å². The van der Waals surface area contributed by atoms with Gasteiger partial charge in [0.05, 0.1) is 17.4 Å². The average Bonchev–Trinajstić information content (AvgIpc) is 2.68. The molecule has 27 heavy (non-hydrogen) atoms. The molecule has 1 N–H and O–H groups in total. The fourth-order valence-corrected chi connectivity index (χ4v) is 4.92. The number of Topliss-reactive ketones (excluding diaryl/α,β-unsaturated/α-hetero) is 1. The van der Waals surface area contributed by atoms with Crippen molar-refractivity contribution in [2.24, 2.45) is 0 Å². The maximum absolute atomic E-state index is 14.8. The van der Waals surface area contributed by atoms with Crippen molar-refractivity contribution >= 4 is 15.8 Å². The van der Waals surface area contributed by atoms with Gasteiger partial charge in [0.25, 0.3) is 0 Å². The highest BCUT2D eigenvalue weighted by Crippen LogP contribution is 2.27. The molecule has 144 valence electrons. The molecule has 0 amide bonds. The minimum absolute atomic E-state index is 0.0930. The van der Waals surface area contributed by atoms with Crippen LogP contribution in [0, 0.1) is 11.6 Å². The maximum Gasteiger partial charge on any atom is 0.214 e. The zero-order chi connectivity index (χ0) is 19.4. The Morgan fingerprint density at radius 2 is 1.67 bits per heavy atom. The van der Waals surface area contributed by atoms with Crippen molar-refractivity contribution in [1.82, 2.24) is 4.72 Å². The molecule has 1 saturated carbocycles. The molecule has 1 fully saturated rings. The predicted molar refractivity (Wildman–Crippen MR) is 99.9 cm³/mol. The minimum Gasteiger partial charge on any atom is -0.292 e. The summed E-state index contributed by atoms with van der Waals surface area (Å²) in [6.45, 7) is -0.662. The Hall–Kier alpha value is -2.12. The van der Waals surface area contributed by atoms with Crippen LogP contribution in [0.2, 0.25) is 0 Å². The van der Waals surface area contributed by atoms with Crippen molar-refractivity contribution in [2.45, 2.75) is 37.4 Å². The molecule has 0 bridgehead atoms. The van der Waals surface area contributed by atoms with Gasteiger partial charge in [-0.2, -0.15) is 0 Å². The molecular formula is C20H21F2NO3S. The van der Waals surface area contributed by atoms with Crippen LogP contribution in [0.1, 0.15) is 42.5 Å². The first-order valence-electron chi connectivity index (χ1n) is 8.95. The van der Waals surface area contributed by atoms with Gasteiger partial charge >= 0.3 is 0 Å². The molecule has 3 rings (SSSR count). The number of rotatable bonds is 6. The van der Waals surface area contributed by atoms with Gasteiger partial charge in [-0.05, 0) is 30.5 Å². The SMILES string of the molecule is O=C(CNS(=O)(=O)C1CCCCC1)c1c(F)ccc(-c2ccccc2)c1F. The Labute approximate surface area is 157 Å². The molecular weight excluding hydrogens is 372 g/mol. The summed E-state index contributed by atoms with van der Waals surface area (Å²) >= 11 is 0. The van der Waals surface area contributed by atoms with Crippen LogP contribution >= 0.6 is 0 Å². The van der Waals surface area contributed by atoms with Crippen LogP contribution in [0.25, 0.3) is 11.1 Å². The highest BCUT2D eigenvalue weighted by atomic mass is 32.2. The van der Waals surface area contributed by atoms with Crippen LogP contribution in [-0.2, 0) is 10.0 Å². The third-order valence-corrected chi connectivity index (χ3v) is 6.78. The van der Waals surface area contributed by atoms with Gasteiger partial charge in [0.1, 0.15) is 11.6 Å². The molecule has 4 nitrogen and oxygen atoms in total. The lowest BCUT2D eigenvalue weighted by molar-refractivity contribution is 0.0989. The van der Waals surface area contributed by atoms with Crippen LogP contribution in [0.5, 0.6) is 0 Å². The topological polar surface area (TPSA) is 63.2 Å². The molecule has 2 aromatic rings. The van der Waals surface area contributed by atoms with Gasteiger partial charge in [-0.3, -0.25) is 4.79 Å². The van der Waals surface area contributed by atoms with E-state index in [1.807, 2.05) is 0 Å². The number of carbonyl (C=O) groups excluding carboxylic acids is 1. The molecule has 0 spiro atoms. The fourth-order valence-electron chi connectivity index (χ4n) is 3.40. The summed E-state index contributed by atoms with van der Waals surface area (Å²) in [5.74, 6) is -2.92. The highest BCUT2D eigenvalue weighted by molar-refractivity contribution is 7.90. The first-order valence-corrected chi connectivity index (χ1v) is 10.5. The van der Waals surface area contributed by atoms with Gasteiger partial charge in [0.2, 0.25) is 10.0 Å². The van der Waals surface area contributed by atoms with E-state index in [1.165, 1.54) is 6.07 Å². The summed E-state index contributed by atoms with van der Waals surface area (Å²) in [6.07, 6.45) is 3.71. The second kappa shape index (κ2) is 8.27. The van der Waals surface area contributed by atoms with E-state index < -0.39 is 44.8 Å². The number of nitrogens with one attached hydrogen (secondary N) is 1. The lowest BCUT2D eigenvalue weighted by Gasteiger charge is -2.21. The average molecular weight is 393 g/mol. The zero-order valence-corrected chi connectivity index (χ0v) is 15.6. The normalized spacial score (nSPS) is 15.6. The van der Waals surface area contributed by atoms with Crippen LogP contribution in [0.4, 0.5) is 8.78 Å². The zero-order valence-electron chi connectivity index (χ0n) is 14.8. The fraction of sp³-hybridized carbons (Fsp3) is 0.350. The van der Waals surface area contributed by atoms with Crippen molar-refractivity contribution in [3.05, 3.63) is 59.7 Å². The molecule has 1 aliphatic carbocycles. The summed E-state index contributed by atoms with van der Waals surface area (Å²) in [5, 5.41) is -0.551. The Kier molecular flexibility index (Phi) is 6.01. The summed E-state index contributed by atoms with van der Waals surface area (Å²) < 4.78 is 55.8. The molecule has 0 saturated heterocycles. The van der Waals surface area contributed by atoms with Crippen LogP contribution < -0.4 is 4.72 Å². The second-order valence-electron chi connectivity index (χ2n) is 6.70. The Balaban J connectivity index is 1.80. The van der Waals surface area contributed by atoms with Gasteiger partial charge in [-0.1, -0.05) is 49.6 Å². The maximum atomic E-state index is 14.8. The van der Waals surface area contributed by atoms with E-state index in [-0.39, 0.29) is 5.56 Å². The minimum atomic E-state index is -3.69. The van der Waals surface area contributed by atoms with Gasteiger partial charge in [-0.15, -0.1) is 0 Å². The first kappa shape index (κ1) is 19.6. The molecule has 0 radical (unpaired) electrons. The predicted octanol–water partition coefficient (Wildman–Crippen LogP) is 4.07. The highest BCUT2D eigenvalue weighted by Gasteiger charge is 2.29. The van der Waals surface area contributed by atoms with Crippen molar-refractivity contribution in [3.8, 4) is 11.1 Å². The molecule has 0 aliphatic heterocycles. The monoisotopic (exact) mass is 393 g/mol. The largest absolute Gasteiger partial charge is 0.292 e. The van der Waals surface area contributed by atoms with Gasteiger partial charge < -0.3 is 0 Å². The lowest BCUT2D eigenvalue weighted by atomic mass is 9.99. The molecule has 0 unspecified atom stereocenters. The standard InChI is InChI=1S/C20H21F2NO3S/c21-17-12-11-16(14-7-3-1-4-8-14)20(22)19(17)18(24)13-23-27(25,26)15-9-5-2-6-10-15/h1,3-4,7-8,11-12,15,23H,2,5-6,9-10,13H2. The quantitative estimate of drug-likeness (QED) is 0.753. The second-order valence-corrected chi connectivity index (χ2v) is 8.74. The Morgan fingerprint density at radius 1 is 1.00 bits per heavy atom. The van der Waals surface area contributed by atoms with E-state index in [4.69, 9.17) is 0 Å². The smallest absolute Gasteiger partial charge is 0.214 e. The molecule has 1 aliphatic rings. The van der Waals surface area contributed by atoms with E-state index in [1.54, 1.807) is 30.3 Å². The van der Waals surface area contributed by atoms with E-state index in [9.17, 15) is 22.0 Å². The summed E-state index contributed by atoms with van der Waals surface area (Å²) in [7, 11) is -3.69. The molecule has 2 aromatic carbocycles. The molecule has 7 heteroatoms. The number of benzene rings is 2. The van der Waals surface area contributed by atoms with E-state index in [0.29, 0.717) is 18.4 Å². The van der Waals surface area contributed by atoms with Crippen LogP contribution in [0.15, 0.2) is 42.5 Å². The van der Waals surface area contributed by atoms with Gasteiger partial charge in [-0.25, -0.2) is 21.9 Å². The van der Waals surface area contributed by atoms with E-state index >= 15 is 0 Å². The van der Waals surface area contributed by atoms with E-state index in [2.05, 4.69) is 4.72 Å².